The molecule has 0 N–H and O–H groups in total. The first kappa shape index (κ1) is 28.3. The van der Waals surface area contributed by atoms with Crippen molar-refractivity contribution in [2.24, 2.45) is 0 Å². The zero-order valence-electron chi connectivity index (χ0n) is 24.8. The fourth-order valence-electron chi connectivity index (χ4n) is 6.26. The predicted octanol–water partition coefficient (Wildman–Crippen LogP) is 7.01. The molecule has 8 nitrogen and oxygen atoms in total. The monoisotopic (exact) mass is 592 g/mol. The summed E-state index contributed by atoms with van der Waals surface area (Å²) < 4.78 is 41.0. The maximum absolute atomic E-state index is 15.7. The molecule has 0 aliphatic carbocycles. The molecule has 2 aliphatic heterocycles. The first-order valence-electron chi connectivity index (χ1n) is 15.0. The summed E-state index contributed by atoms with van der Waals surface area (Å²) in [5.41, 5.74) is 5.82. The van der Waals surface area contributed by atoms with E-state index in [-0.39, 0.29) is 24.2 Å². The van der Waals surface area contributed by atoms with E-state index in [1.54, 1.807) is 26.3 Å². The highest BCUT2D eigenvalue weighted by Gasteiger charge is 2.24. The summed E-state index contributed by atoms with van der Waals surface area (Å²) in [6.07, 6.45) is 12.1. The molecule has 4 heterocycles. The average Bonchev–Trinajstić information content (AvgIpc) is 3.74. The van der Waals surface area contributed by atoms with Crippen molar-refractivity contribution in [3.8, 4) is 46.5 Å². The Balaban J connectivity index is 1.44. The van der Waals surface area contributed by atoms with Crippen molar-refractivity contribution in [2.45, 2.75) is 51.4 Å². The number of benzene rings is 3. The summed E-state index contributed by atoms with van der Waals surface area (Å²) >= 11 is 0. The molecule has 3 aromatic carbocycles. The number of ether oxygens (including phenoxy) is 4. The minimum atomic E-state index is -0.314. The summed E-state index contributed by atoms with van der Waals surface area (Å²) in [5, 5.41) is 6.23. The largest absolute Gasteiger partial charge is 0.480 e. The van der Waals surface area contributed by atoms with Crippen LogP contribution >= 0.6 is 0 Å². The lowest BCUT2D eigenvalue weighted by molar-refractivity contribution is -0.0366. The molecule has 0 spiro atoms. The first-order chi connectivity index (χ1) is 21.5. The van der Waals surface area contributed by atoms with Gasteiger partial charge in [0.05, 0.1) is 35.8 Å². The number of methoxy groups -OCH3 is 1. The van der Waals surface area contributed by atoms with Gasteiger partial charge in [-0.3, -0.25) is 0 Å². The van der Waals surface area contributed by atoms with Crippen LogP contribution in [0.3, 0.4) is 0 Å². The molecule has 2 saturated heterocycles. The summed E-state index contributed by atoms with van der Waals surface area (Å²) in [5.74, 6) is 2.74. The number of halogens is 1. The fraction of sp³-hybridized carbons (Fsp3) is 0.343. The molecule has 0 radical (unpaired) electrons. The van der Waals surface area contributed by atoms with Crippen molar-refractivity contribution in [1.29, 1.82) is 0 Å². The van der Waals surface area contributed by atoms with Gasteiger partial charge in [0.1, 0.15) is 12.4 Å². The number of fused-ring (bicyclic) bond motifs is 2. The topological polar surface area (TPSA) is 80.5 Å². The third-order valence-corrected chi connectivity index (χ3v) is 8.54. The number of rotatable bonds is 7. The van der Waals surface area contributed by atoms with Crippen LogP contribution in [0.5, 0.6) is 11.9 Å². The number of aromatic nitrogens is 4. The van der Waals surface area contributed by atoms with Crippen LogP contribution < -0.4 is 9.47 Å². The van der Waals surface area contributed by atoms with Gasteiger partial charge >= 0.3 is 6.01 Å². The van der Waals surface area contributed by atoms with E-state index in [2.05, 4.69) is 16.0 Å². The van der Waals surface area contributed by atoms with Crippen LogP contribution in [0.2, 0.25) is 0 Å². The Morgan fingerprint density at radius 2 is 1.86 bits per heavy atom. The van der Waals surface area contributed by atoms with E-state index < -0.39 is 0 Å². The average molecular weight is 593 g/mol. The first-order valence-corrected chi connectivity index (χ1v) is 15.0. The maximum atomic E-state index is 15.7. The number of hydrogen-bond donors (Lipinski definition) is 0. The zero-order valence-corrected chi connectivity index (χ0v) is 24.8. The molecule has 7 rings (SSSR count). The molecule has 5 aromatic rings. The lowest BCUT2D eigenvalue weighted by atomic mass is 9.91. The van der Waals surface area contributed by atoms with Crippen molar-refractivity contribution >= 4 is 21.8 Å². The molecule has 0 saturated carbocycles. The van der Waals surface area contributed by atoms with E-state index in [1.807, 2.05) is 41.1 Å². The Hall–Kier alpha value is -4.52. The van der Waals surface area contributed by atoms with E-state index in [1.165, 1.54) is 0 Å². The lowest BCUT2D eigenvalue weighted by Crippen LogP contribution is -2.19. The van der Waals surface area contributed by atoms with Gasteiger partial charge in [-0.2, -0.15) is 15.1 Å². The molecule has 2 aromatic heterocycles. The van der Waals surface area contributed by atoms with Gasteiger partial charge in [-0.15, -0.1) is 6.42 Å². The van der Waals surface area contributed by atoms with Crippen LogP contribution in [0, 0.1) is 25.1 Å². The third-order valence-electron chi connectivity index (χ3n) is 8.54. The van der Waals surface area contributed by atoms with Gasteiger partial charge in [0, 0.05) is 30.2 Å². The molecule has 2 atom stereocenters. The Labute approximate surface area is 255 Å². The predicted molar refractivity (Wildman–Crippen MR) is 166 cm³/mol. The molecule has 44 heavy (non-hydrogen) atoms. The van der Waals surface area contributed by atoms with Crippen molar-refractivity contribution < 1.29 is 23.3 Å². The molecule has 0 amide bonds. The highest BCUT2D eigenvalue weighted by Crippen LogP contribution is 2.42. The highest BCUT2D eigenvalue weighted by atomic mass is 19.1. The van der Waals surface area contributed by atoms with Gasteiger partial charge in [-0.25, -0.2) is 9.07 Å². The van der Waals surface area contributed by atoms with E-state index in [9.17, 15) is 0 Å². The third kappa shape index (κ3) is 5.14. The minimum Gasteiger partial charge on any atom is -0.480 e. The molecule has 1 unspecified atom stereocenters. The fourth-order valence-corrected chi connectivity index (χ4v) is 6.26. The van der Waals surface area contributed by atoms with Crippen LogP contribution in [0.4, 0.5) is 4.39 Å². The van der Waals surface area contributed by atoms with E-state index in [0.29, 0.717) is 41.1 Å². The summed E-state index contributed by atoms with van der Waals surface area (Å²) in [4.78, 5) is 9.43. The minimum absolute atomic E-state index is 0.00441. The van der Waals surface area contributed by atoms with Crippen molar-refractivity contribution in [1.82, 2.24) is 19.7 Å². The van der Waals surface area contributed by atoms with Crippen molar-refractivity contribution in [2.75, 3.05) is 26.9 Å². The normalized spacial score (nSPS) is 18.5. The van der Waals surface area contributed by atoms with Gasteiger partial charge < -0.3 is 18.9 Å². The Morgan fingerprint density at radius 3 is 2.59 bits per heavy atom. The standard InChI is InChI=1S/C35H33FN4O4/c1-4-22-10-12-23(13-11-22)26-16-24(17-29-33(26)34(41-3)39-35(38-29)44-20-25-8-7-15-42-25)32-21(2)28(36)18-30-27(32)19-37-40(30)31-9-5-6-14-43-31/h1,10-13,16-19,25,31H,5-9,14-15,20H2,2-3H3/t25-,31?/m1/s1. The van der Waals surface area contributed by atoms with Gasteiger partial charge in [-0.1, -0.05) is 18.1 Å². The molecular formula is C35H33FN4O4. The Kier molecular flexibility index (Phi) is 7.62. The second-order valence-electron chi connectivity index (χ2n) is 11.3. The molecule has 224 valence electrons. The van der Waals surface area contributed by atoms with Crippen LogP contribution in [-0.2, 0) is 9.47 Å². The van der Waals surface area contributed by atoms with E-state index in [0.717, 1.165) is 71.9 Å². The van der Waals surface area contributed by atoms with E-state index in [4.69, 9.17) is 30.4 Å². The smallest absolute Gasteiger partial charge is 0.320 e. The molecule has 9 heteroatoms. The summed E-state index contributed by atoms with van der Waals surface area (Å²) in [6, 6.07) is 13.4. The van der Waals surface area contributed by atoms with Crippen LogP contribution in [0.15, 0.2) is 48.7 Å². The quantitative estimate of drug-likeness (QED) is 0.188. The highest BCUT2D eigenvalue weighted by molar-refractivity contribution is 6.05. The van der Waals surface area contributed by atoms with Gasteiger partial charge in [-0.05, 0) is 91.1 Å². The number of hydrogen-bond acceptors (Lipinski definition) is 7. The zero-order chi connectivity index (χ0) is 30.2. The van der Waals surface area contributed by atoms with Crippen LogP contribution in [0.1, 0.15) is 49.5 Å². The maximum Gasteiger partial charge on any atom is 0.320 e. The van der Waals surface area contributed by atoms with E-state index >= 15 is 4.39 Å². The van der Waals surface area contributed by atoms with Crippen LogP contribution in [0.25, 0.3) is 44.1 Å². The van der Waals surface area contributed by atoms with Crippen LogP contribution in [-0.4, -0.2) is 52.8 Å². The number of nitrogens with zero attached hydrogens (tertiary/aromatic N) is 4. The second-order valence-corrected chi connectivity index (χ2v) is 11.3. The SMILES string of the molecule is C#Cc1ccc(-c2cc(-c3c(C)c(F)cc4c3cnn4C3CCCCO3)cc3nc(OC[C@H]4CCCO4)nc(OC)c23)cc1. The van der Waals surface area contributed by atoms with Gasteiger partial charge in [0.2, 0.25) is 5.88 Å². The molecule has 2 fully saturated rings. The molecule has 2 aliphatic rings. The molecular weight excluding hydrogens is 559 g/mol. The molecule has 0 bridgehead atoms. The van der Waals surface area contributed by atoms with Crippen molar-refractivity contribution in [3.05, 3.63) is 65.6 Å². The Bertz CT molecular complexity index is 1880. The summed E-state index contributed by atoms with van der Waals surface area (Å²) in [6.45, 7) is 3.53. The summed E-state index contributed by atoms with van der Waals surface area (Å²) in [7, 11) is 1.58. The van der Waals surface area contributed by atoms with Gasteiger partial charge in [0.25, 0.3) is 0 Å². The van der Waals surface area contributed by atoms with Gasteiger partial charge in [0.15, 0.2) is 6.23 Å². The number of terminal acetylenes is 1. The lowest BCUT2D eigenvalue weighted by Gasteiger charge is -2.23. The Morgan fingerprint density at radius 1 is 1.02 bits per heavy atom. The second kappa shape index (κ2) is 11.9. The van der Waals surface area contributed by atoms with Crippen molar-refractivity contribution in [3.63, 3.8) is 0 Å².